The highest BCUT2D eigenvalue weighted by Crippen LogP contribution is 2.38. The normalized spacial score (nSPS) is 11.7. The van der Waals surface area contributed by atoms with Crippen molar-refractivity contribution in [2.75, 3.05) is 0 Å². The summed E-state index contributed by atoms with van der Waals surface area (Å²) >= 11 is 0. The van der Waals surface area contributed by atoms with Crippen molar-refractivity contribution in [2.45, 2.75) is 0 Å². The van der Waals surface area contributed by atoms with Gasteiger partial charge in [0.25, 0.3) is 0 Å². The third kappa shape index (κ3) is 3.40. The van der Waals surface area contributed by atoms with Crippen LogP contribution in [-0.2, 0) is 0 Å². The molecule has 0 radical (unpaired) electrons. The monoisotopic (exact) mass is 518 g/mol. The SMILES string of the molecule is C=Cc1oc2ccc(Oc3ccc4oc5ccc(-c6ccc7oc8ccccc8c7c6)cc5c4c3)cc2c1C=C. The lowest BCUT2D eigenvalue weighted by Crippen LogP contribution is -1.84. The lowest BCUT2D eigenvalue weighted by atomic mass is 10.0. The summed E-state index contributed by atoms with van der Waals surface area (Å²) in [5.41, 5.74) is 7.32. The van der Waals surface area contributed by atoms with Crippen LogP contribution in [-0.4, -0.2) is 0 Å². The number of hydrogen-bond acceptors (Lipinski definition) is 4. The van der Waals surface area contributed by atoms with Crippen molar-refractivity contribution in [3.63, 3.8) is 0 Å². The molecule has 0 bridgehead atoms. The molecule has 8 aromatic rings. The van der Waals surface area contributed by atoms with Crippen LogP contribution in [0.3, 0.4) is 0 Å². The molecule has 4 heteroatoms. The zero-order valence-electron chi connectivity index (χ0n) is 21.4. The van der Waals surface area contributed by atoms with Crippen LogP contribution in [0.4, 0.5) is 0 Å². The summed E-state index contributed by atoms with van der Waals surface area (Å²) in [6.45, 7) is 7.76. The summed E-state index contributed by atoms with van der Waals surface area (Å²) in [6, 6.07) is 32.5. The Balaban J connectivity index is 1.20. The van der Waals surface area contributed by atoms with Crippen molar-refractivity contribution in [3.8, 4) is 22.6 Å². The maximum absolute atomic E-state index is 6.30. The molecule has 3 heterocycles. The molecule has 0 fully saturated rings. The van der Waals surface area contributed by atoms with E-state index in [0.717, 1.165) is 77.3 Å². The van der Waals surface area contributed by atoms with E-state index in [-0.39, 0.29) is 0 Å². The highest BCUT2D eigenvalue weighted by Gasteiger charge is 2.14. The fourth-order valence-corrected chi connectivity index (χ4v) is 5.58. The molecule has 4 nitrogen and oxygen atoms in total. The quantitative estimate of drug-likeness (QED) is 0.227. The number of rotatable bonds is 5. The summed E-state index contributed by atoms with van der Waals surface area (Å²) in [4.78, 5) is 0. The van der Waals surface area contributed by atoms with Gasteiger partial charge in [0.2, 0.25) is 0 Å². The number of para-hydroxylation sites is 1. The molecule has 0 unspecified atom stereocenters. The summed E-state index contributed by atoms with van der Waals surface area (Å²) in [5.74, 6) is 2.13. The van der Waals surface area contributed by atoms with Crippen LogP contribution in [0.2, 0.25) is 0 Å². The lowest BCUT2D eigenvalue weighted by Gasteiger charge is -2.06. The zero-order valence-corrected chi connectivity index (χ0v) is 21.4. The molecule has 0 aliphatic carbocycles. The zero-order chi connectivity index (χ0) is 26.8. The van der Waals surface area contributed by atoms with Gasteiger partial charge < -0.3 is 18.0 Å². The summed E-state index contributed by atoms with van der Waals surface area (Å²) < 4.78 is 24.3. The van der Waals surface area contributed by atoms with Gasteiger partial charge >= 0.3 is 0 Å². The number of hydrogen-bond donors (Lipinski definition) is 0. The number of furan rings is 3. The molecular formula is C36H22O4. The van der Waals surface area contributed by atoms with Gasteiger partial charge in [0.15, 0.2) is 0 Å². The van der Waals surface area contributed by atoms with Gasteiger partial charge in [-0.25, -0.2) is 0 Å². The Morgan fingerprint density at radius 3 is 1.65 bits per heavy atom. The minimum atomic E-state index is 0.698. The van der Waals surface area contributed by atoms with Gasteiger partial charge in [0.1, 0.15) is 45.2 Å². The van der Waals surface area contributed by atoms with Gasteiger partial charge in [-0.3, -0.25) is 0 Å². The van der Waals surface area contributed by atoms with E-state index in [1.54, 1.807) is 12.2 Å². The van der Waals surface area contributed by atoms with E-state index in [2.05, 4.69) is 43.5 Å². The molecule has 0 aliphatic rings. The smallest absolute Gasteiger partial charge is 0.135 e. The summed E-state index contributed by atoms with van der Waals surface area (Å²) in [6.07, 6.45) is 3.47. The van der Waals surface area contributed by atoms with E-state index in [4.69, 9.17) is 18.0 Å². The van der Waals surface area contributed by atoms with E-state index in [1.807, 2.05) is 66.7 Å². The molecular weight excluding hydrogens is 496 g/mol. The van der Waals surface area contributed by atoms with Gasteiger partial charge in [-0.1, -0.05) is 49.6 Å². The maximum Gasteiger partial charge on any atom is 0.135 e. The molecule has 0 atom stereocenters. The first-order valence-electron chi connectivity index (χ1n) is 13.1. The molecule has 3 aromatic heterocycles. The van der Waals surface area contributed by atoms with Crippen LogP contribution in [0.15, 0.2) is 123 Å². The Kier molecular flexibility index (Phi) is 4.79. The Morgan fingerprint density at radius 2 is 1.00 bits per heavy atom. The number of benzene rings is 5. The molecule has 0 N–H and O–H groups in total. The minimum absolute atomic E-state index is 0.698. The fourth-order valence-electron chi connectivity index (χ4n) is 5.58. The molecule has 40 heavy (non-hydrogen) atoms. The van der Waals surface area contributed by atoms with Crippen molar-refractivity contribution in [3.05, 3.63) is 122 Å². The molecule has 0 saturated carbocycles. The van der Waals surface area contributed by atoms with Crippen molar-refractivity contribution >= 4 is 67.0 Å². The van der Waals surface area contributed by atoms with Crippen LogP contribution < -0.4 is 4.74 Å². The minimum Gasteiger partial charge on any atom is -0.457 e. The second kappa shape index (κ2) is 8.52. The highest BCUT2D eigenvalue weighted by molar-refractivity contribution is 6.08. The van der Waals surface area contributed by atoms with Crippen molar-refractivity contribution in [2.24, 2.45) is 0 Å². The molecule has 0 amide bonds. The van der Waals surface area contributed by atoms with Gasteiger partial charge in [0.05, 0.1) is 0 Å². The predicted octanol–water partition coefficient (Wildman–Crippen LogP) is 11.0. The van der Waals surface area contributed by atoms with E-state index in [0.29, 0.717) is 11.5 Å². The Morgan fingerprint density at radius 1 is 0.475 bits per heavy atom. The first kappa shape index (κ1) is 22.5. The first-order valence-corrected chi connectivity index (χ1v) is 13.1. The third-order valence-corrected chi connectivity index (χ3v) is 7.50. The average Bonchev–Trinajstić information content (AvgIpc) is 3.66. The van der Waals surface area contributed by atoms with Gasteiger partial charge in [-0.05, 0) is 83.9 Å². The lowest BCUT2D eigenvalue weighted by molar-refractivity contribution is 0.483. The van der Waals surface area contributed by atoms with Crippen LogP contribution in [0.5, 0.6) is 11.5 Å². The van der Waals surface area contributed by atoms with Gasteiger partial charge in [-0.2, -0.15) is 0 Å². The highest BCUT2D eigenvalue weighted by atomic mass is 16.5. The van der Waals surface area contributed by atoms with Crippen LogP contribution in [0.25, 0.3) is 78.1 Å². The van der Waals surface area contributed by atoms with E-state index >= 15 is 0 Å². The van der Waals surface area contributed by atoms with Crippen LogP contribution in [0, 0.1) is 0 Å². The Hall–Kier alpha value is -5.48. The van der Waals surface area contributed by atoms with Gasteiger partial charge in [0, 0.05) is 32.5 Å². The molecule has 8 rings (SSSR count). The van der Waals surface area contributed by atoms with Crippen LogP contribution >= 0.6 is 0 Å². The van der Waals surface area contributed by atoms with E-state index in [9.17, 15) is 0 Å². The predicted molar refractivity (Wildman–Crippen MR) is 163 cm³/mol. The van der Waals surface area contributed by atoms with Crippen molar-refractivity contribution in [1.82, 2.24) is 0 Å². The topological polar surface area (TPSA) is 48.7 Å². The second-order valence-corrected chi connectivity index (χ2v) is 9.83. The second-order valence-electron chi connectivity index (χ2n) is 9.83. The molecule has 0 saturated heterocycles. The molecule has 5 aromatic carbocycles. The Labute approximate surface area is 229 Å². The van der Waals surface area contributed by atoms with E-state index in [1.165, 1.54) is 0 Å². The third-order valence-electron chi connectivity index (χ3n) is 7.50. The fraction of sp³-hybridized carbons (Fsp3) is 0. The molecule has 0 aliphatic heterocycles. The first-order chi connectivity index (χ1) is 19.7. The largest absolute Gasteiger partial charge is 0.457 e. The maximum atomic E-state index is 6.30. The number of ether oxygens (including phenoxy) is 1. The summed E-state index contributed by atoms with van der Waals surface area (Å²) in [5, 5.41) is 5.18. The molecule has 190 valence electrons. The van der Waals surface area contributed by atoms with Crippen LogP contribution in [0.1, 0.15) is 11.3 Å². The van der Waals surface area contributed by atoms with Gasteiger partial charge in [-0.15, -0.1) is 0 Å². The van der Waals surface area contributed by atoms with E-state index < -0.39 is 0 Å². The van der Waals surface area contributed by atoms with Crippen molar-refractivity contribution in [1.29, 1.82) is 0 Å². The average molecular weight is 519 g/mol. The standard InChI is InChI=1S/C36H22O4/c1-3-25-29-19-23(11-15-35(29)38-31(25)4-2)37-24-12-16-36-30(20-24)28-18-22(10-14-34(28)40-36)21-9-13-33-27(17-21)26-7-5-6-8-32(26)39-33/h3-20H,1-2H2. The van der Waals surface area contributed by atoms with Crippen molar-refractivity contribution < 1.29 is 18.0 Å². The molecule has 0 spiro atoms. The Bertz CT molecular complexity index is 2290. The summed E-state index contributed by atoms with van der Waals surface area (Å²) in [7, 11) is 0. The number of fused-ring (bicyclic) bond motifs is 7.